The van der Waals surface area contributed by atoms with Gasteiger partial charge in [-0.25, -0.2) is 8.86 Å². The minimum absolute atomic E-state index is 0.0000711. The predicted molar refractivity (Wildman–Crippen MR) is 152 cm³/mol. The molecule has 1 saturated heterocycles. The van der Waals surface area contributed by atoms with Gasteiger partial charge in [0.15, 0.2) is 28.5 Å². The van der Waals surface area contributed by atoms with Gasteiger partial charge in [0.05, 0.1) is 23.9 Å². The lowest BCUT2D eigenvalue weighted by atomic mass is 9.89. The van der Waals surface area contributed by atoms with E-state index in [1.54, 1.807) is 14.1 Å². The average Bonchev–Trinajstić information content (AvgIpc) is 3.39. The molecule has 1 aromatic heterocycles. The van der Waals surface area contributed by atoms with Crippen molar-refractivity contribution in [2.45, 2.75) is 102 Å². The summed E-state index contributed by atoms with van der Waals surface area (Å²) in [6.07, 6.45) is -1.79. The van der Waals surface area contributed by atoms with Crippen LogP contribution in [-0.4, -0.2) is 89.4 Å². The Morgan fingerprint density at radius 2 is 1.69 bits per heavy atom. The van der Waals surface area contributed by atoms with Crippen LogP contribution in [0.15, 0.2) is 17.3 Å². The second-order valence-electron chi connectivity index (χ2n) is 13.6. The molecule has 222 valence electrons. The number of nitrogens with zero attached hydrogens (tertiary/aromatic N) is 4. The highest BCUT2D eigenvalue weighted by molar-refractivity contribution is 7.90. The van der Waals surface area contributed by atoms with Crippen LogP contribution >= 0.6 is 0 Å². The monoisotopic (exact) mass is 603 g/mol. The van der Waals surface area contributed by atoms with Crippen LogP contribution in [0.4, 0.5) is 0 Å². The topological polar surface area (TPSA) is 148 Å². The van der Waals surface area contributed by atoms with Crippen molar-refractivity contribution in [1.82, 2.24) is 19.9 Å². The number of carbonyl (C=O) groups excluding carboxylic acids is 1. The molecular formula is C24H45N5O7SSi2. The predicted octanol–water partition coefficient (Wildman–Crippen LogP) is 3.19. The Morgan fingerprint density at radius 3 is 2.15 bits per heavy atom. The minimum atomic E-state index is -4.15. The van der Waals surface area contributed by atoms with Gasteiger partial charge in [0.25, 0.3) is 16.0 Å². The number of hydrogen-bond donors (Lipinski definition) is 1. The summed E-state index contributed by atoms with van der Waals surface area (Å²) in [6, 6.07) is 0. The molecule has 0 bridgehead atoms. The highest BCUT2D eigenvalue weighted by Crippen LogP contribution is 2.52. The molecule has 3 rings (SSSR count). The Kier molecular flexibility index (Phi) is 8.20. The Bertz CT molecular complexity index is 1230. The highest BCUT2D eigenvalue weighted by Gasteiger charge is 2.67. The van der Waals surface area contributed by atoms with E-state index in [4.69, 9.17) is 23.5 Å². The molecule has 0 saturated carbocycles. The van der Waals surface area contributed by atoms with Crippen LogP contribution in [0.25, 0.3) is 0 Å². The highest BCUT2D eigenvalue weighted by atomic mass is 32.2. The molecule has 4 atom stereocenters. The molecule has 2 unspecified atom stereocenters. The van der Waals surface area contributed by atoms with Crippen LogP contribution < -0.4 is 5.73 Å². The molecule has 2 aliphatic heterocycles. The van der Waals surface area contributed by atoms with E-state index in [1.165, 1.54) is 15.8 Å². The van der Waals surface area contributed by atoms with Gasteiger partial charge < -0.3 is 24.2 Å². The maximum absolute atomic E-state index is 13.0. The zero-order chi connectivity index (χ0) is 30.0. The zero-order valence-electron chi connectivity index (χ0n) is 25.2. The first-order chi connectivity index (χ1) is 17.5. The van der Waals surface area contributed by atoms with E-state index < -0.39 is 50.8 Å². The standard InChI is InChI=1S/C24H45N5O7SSi2/c1-22(2,3)38(9,10)33-14-18-24(17(25)15-37(31,32)36-24)19(35-39(11,12)23(4,5)6)21(34-18)29-16(13-26-27-29)20(30)28(7)8/h13,15,18-19,21H,14,25H2,1-12H3/t18?,19-,21+,24?/m0/s1. The van der Waals surface area contributed by atoms with Crippen molar-refractivity contribution in [3.05, 3.63) is 23.0 Å². The first-order valence-electron chi connectivity index (χ1n) is 13.0. The van der Waals surface area contributed by atoms with Gasteiger partial charge in [0, 0.05) is 14.1 Å². The average molecular weight is 604 g/mol. The number of rotatable bonds is 7. The van der Waals surface area contributed by atoms with Gasteiger partial charge >= 0.3 is 0 Å². The Balaban J connectivity index is 2.21. The minimum Gasteiger partial charge on any atom is -0.414 e. The maximum atomic E-state index is 13.0. The van der Waals surface area contributed by atoms with Gasteiger partial charge in [-0.3, -0.25) is 4.79 Å². The molecule has 0 radical (unpaired) electrons. The molecule has 15 heteroatoms. The van der Waals surface area contributed by atoms with Crippen molar-refractivity contribution in [3.8, 4) is 0 Å². The van der Waals surface area contributed by atoms with Crippen LogP contribution in [0.2, 0.25) is 36.3 Å². The third-order valence-corrected chi connectivity index (χ3v) is 18.5. The molecule has 0 aliphatic carbocycles. The number of amides is 1. The van der Waals surface area contributed by atoms with Crippen LogP contribution in [0.1, 0.15) is 58.3 Å². The lowest BCUT2D eigenvalue weighted by molar-refractivity contribution is -0.0603. The molecule has 3 heterocycles. The van der Waals surface area contributed by atoms with E-state index in [2.05, 4.69) is 64.9 Å². The first kappa shape index (κ1) is 31.9. The third kappa shape index (κ3) is 5.76. The SMILES string of the molecule is CN(C)C(=O)c1cnnn1[C@@H]1OC(CO[Si](C)(C)C(C)(C)C)C2(OS(=O)(=O)C=C2N)[C@H]1O[Si](C)(C)C(C)(C)C. The molecule has 2 N–H and O–H groups in total. The molecule has 12 nitrogen and oxygen atoms in total. The maximum Gasteiger partial charge on any atom is 0.292 e. The fraction of sp³-hybridized carbons (Fsp3) is 0.792. The fourth-order valence-corrected chi connectivity index (χ4v) is 7.51. The Hall–Kier alpha value is -1.63. The van der Waals surface area contributed by atoms with E-state index in [0.717, 1.165) is 5.41 Å². The summed E-state index contributed by atoms with van der Waals surface area (Å²) < 4.78 is 52.8. The van der Waals surface area contributed by atoms with E-state index in [1.807, 2.05) is 13.1 Å². The zero-order valence-corrected chi connectivity index (χ0v) is 28.0. The summed E-state index contributed by atoms with van der Waals surface area (Å²) in [4.78, 5) is 14.4. The smallest absolute Gasteiger partial charge is 0.292 e. The summed E-state index contributed by atoms with van der Waals surface area (Å²) in [5, 5.41) is 8.68. The summed E-state index contributed by atoms with van der Waals surface area (Å²) >= 11 is 0. The Labute approximate surface area is 234 Å². The molecule has 2 aliphatic rings. The molecule has 1 amide bonds. The first-order valence-corrected chi connectivity index (χ1v) is 20.3. The van der Waals surface area contributed by atoms with Gasteiger partial charge in [-0.05, 0) is 36.3 Å². The van der Waals surface area contributed by atoms with E-state index in [9.17, 15) is 13.2 Å². The number of hydrogen-bond acceptors (Lipinski definition) is 10. The molecule has 0 aromatic carbocycles. The lowest BCUT2D eigenvalue weighted by Gasteiger charge is -2.43. The Morgan fingerprint density at radius 1 is 1.13 bits per heavy atom. The van der Waals surface area contributed by atoms with E-state index in [-0.39, 0.29) is 34.0 Å². The third-order valence-electron chi connectivity index (χ3n) is 8.51. The summed E-state index contributed by atoms with van der Waals surface area (Å²) in [6.45, 7) is 20.8. The van der Waals surface area contributed by atoms with Gasteiger partial charge in [0.1, 0.15) is 17.9 Å². The van der Waals surface area contributed by atoms with Crippen LogP contribution in [0, 0.1) is 0 Å². The fourth-order valence-electron chi connectivity index (χ4n) is 4.00. The van der Waals surface area contributed by atoms with Crippen molar-refractivity contribution in [2.24, 2.45) is 5.73 Å². The van der Waals surface area contributed by atoms with Crippen molar-refractivity contribution >= 4 is 32.7 Å². The van der Waals surface area contributed by atoms with E-state index in [0.29, 0.717) is 0 Å². The largest absolute Gasteiger partial charge is 0.414 e. The van der Waals surface area contributed by atoms with Crippen molar-refractivity contribution < 1.29 is 31.0 Å². The summed E-state index contributed by atoms with van der Waals surface area (Å²) in [7, 11) is -5.83. The van der Waals surface area contributed by atoms with Crippen LogP contribution in [-0.2, 0) is 27.9 Å². The molecule has 1 aromatic rings. The summed E-state index contributed by atoms with van der Waals surface area (Å²) in [5.41, 5.74) is 4.87. The molecule has 1 fully saturated rings. The van der Waals surface area contributed by atoms with Crippen molar-refractivity contribution in [1.29, 1.82) is 0 Å². The second-order valence-corrected chi connectivity index (χ2v) is 24.5. The normalized spacial score (nSPS) is 27.7. The number of carbonyl (C=O) groups is 1. The molecule has 39 heavy (non-hydrogen) atoms. The van der Waals surface area contributed by atoms with E-state index >= 15 is 0 Å². The lowest BCUT2D eigenvalue weighted by Crippen LogP contribution is -2.59. The van der Waals surface area contributed by atoms with Gasteiger partial charge in [-0.15, -0.1) is 5.10 Å². The van der Waals surface area contributed by atoms with Gasteiger partial charge in [0.2, 0.25) is 0 Å². The number of aromatic nitrogens is 3. The van der Waals surface area contributed by atoms with Crippen molar-refractivity contribution in [2.75, 3.05) is 20.7 Å². The summed E-state index contributed by atoms with van der Waals surface area (Å²) in [5.74, 6) is -0.354. The van der Waals surface area contributed by atoms with Crippen LogP contribution in [0.3, 0.4) is 0 Å². The van der Waals surface area contributed by atoms with Crippen molar-refractivity contribution in [3.63, 3.8) is 0 Å². The van der Waals surface area contributed by atoms with Crippen LogP contribution in [0.5, 0.6) is 0 Å². The van der Waals surface area contributed by atoms with Gasteiger partial charge in [-0.1, -0.05) is 46.8 Å². The van der Waals surface area contributed by atoms with Gasteiger partial charge in [-0.2, -0.15) is 8.42 Å². The molecular weight excluding hydrogens is 559 g/mol. The molecule has 1 spiro atoms. The second kappa shape index (κ2) is 10.0. The quantitative estimate of drug-likeness (QED) is 0.364. The number of nitrogens with two attached hydrogens (primary N) is 1. The number of ether oxygens (including phenoxy) is 1.